The lowest BCUT2D eigenvalue weighted by Gasteiger charge is -2.25. The number of hydrogen-bond donors (Lipinski definition) is 1. The average molecular weight is 529 g/mol. The highest BCUT2D eigenvalue weighted by Gasteiger charge is 2.18. The lowest BCUT2D eigenvalue weighted by atomic mass is 9.88. The molecule has 0 aliphatic heterocycles. The summed E-state index contributed by atoms with van der Waals surface area (Å²) in [5.41, 5.74) is 3.63. The van der Waals surface area contributed by atoms with Crippen LogP contribution in [-0.2, 0) is 11.2 Å². The van der Waals surface area contributed by atoms with Gasteiger partial charge in [0.15, 0.2) is 0 Å². The largest absolute Gasteiger partial charge is 0.497 e. The minimum atomic E-state index is 0.0524. The van der Waals surface area contributed by atoms with E-state index < -0.39 is 0 Å². The summed E-state index contributed by atoms with van der Waals surface area (Å²) in [6.45, 7) is 5.45. The summed E-state index contributed by atoms with van der Waals surface area (Å²) >= 11 is 1.39. The SMILES string of the molecule is COc1cccc(Cc2nsc(N(CCC(=O)NCCC(c3ccccc3)c3ccccc3)C(C)C)n2)c1. The maximum atomic E-state index is 12.8. The predicted molar refractivity (Wildman–Crippen MR) is 155 cm³/mol. The van der Waals surface area contributed by atoms with Gasteiger partial charge in [-0.25, -0.2) is 4.98 Å². The third-order valence-electron chi connectivity index (χ3n) is 6.56. The van der Waals surface area contributed by atoms with E-state index in [9.17, 15) is 4.79 Å². The molecule has 4 aromatic rings. The Balaban J connectivity index is 1.31. The topological polar surface area (TPSA) is 67.3 Å². The monoisotopic (exact) mass is 528 g/mol. The number of rotatable bonds is 13. The van der Waals surface area contributed by atoms with Crippen LogP contribution in [0.25, 0.3) is 0 Å². The second-order valence-corrected chi connectivity index (χ2v) is 10.3. The molecule has 0 saturated heterocycles. The number of nitrogens with one attached hydrogen (secondary N) is 1. The Hall–Kier alpha value is -3.71. The molecule has 7 heteroatoms. The molecule has 0 bridgehead atoms. The molecule has 1 heterocycles. The van der Waals surface area contributed by atoms with Gasteiger partial charge in [-0.3, -0.25) is 4.79 Å². The van der Waals surface area contributed by atoms with Crippen molar-refractivity contribution in [3.05, 3.63) is 107 Å². The average Bonchev–Trinajstić information content (AvgIpc) is 3.40. The van der Waals surface area contributed by atoms with Crippen molar-refractivity contribution in [2.75, 3.05) is 25.1 Å². The zero-order chi connectivity index (χ0) is 26.7. The van der Waals surface area contributed by atoms with Crippen LogP contribution in [0.3, 0.4) is 0 Å². The number of methoxy groups -OCH3 is 1. The van der Waals surface area contributed by atoms with Gasteiger partial charge in [-0.1, -0.05) is 72.8 Å². The van der Waals surface area contributed by atoms with Gasteiger partial charge in [0.1, 0.15) is 11.6 Å². The number of hydrogen-bond acceptors (Lipinski definition) is 6. The molecule has 0 radical (unpaired) electrons. The van der Waals surface area contributed by atoms with E-state index >= 15 is 0 Å². The van der Waals surface area contributed by atoms with Gasteiger partial charge in [-0.2, -0.15) is 4.37 Å². The molecule has 38 heavy (non-hydrogen) atoms. The molecule has 1 aromatic heterocycles. The number of carbonyl (C=O) groups excluding carboxylic acids is 1. The highest BCUT2D eigenvalue weighted by atomic mass is 32.1. The molecule has 0 unspecified atom stereocenters. The van der Waals surface area contributed by atoms with E-state index in [1.54, 1.807) is 7.11 Å². The molecule has 6 nitrogen and oxygen atoms in total. The van der Waals surface area contributed by atoms with Crippen LogP contribution in [0.2, 0.25) is 0 Å². The van der Waals surface area contributed by atoms with Crippen LogP contribution in [0.5, 0.6) is 5.75 Å². The Kier molecular flexibility index (Phi) is 9.87. The fraction of sp³-hybridized carbons (Fsp3) is 0.323. The first kappa shape index (κ1) is 27.3. The van der Waals surface area contributed by atoms with E-state index in [2.05, 4.69) is 77.0 Å². The van der Waals surface area contributed by atoms with Crippen molar-refractivity contribution in [2.24, 2.45) is 0 Å². The molecule has 0 atom stereocenters. The number of anilines is 1. The van der Waals surface area contributed by atoms with Gasteiger partial charge in [0.25, 0.3) is 0 Å². The number of aromatic nitrogens is 2. The summed E-state index contributed by atoms with van der Waals surface area (Å²) in [6, 6.07) is 29.1. The molecular weight excluding hydrogens is 492 g/mol. The predicted octanol–water partition coefficient (Wildman–Crippen LogP) is 6.08. The number of benzene rings is 3. The summed E-state index contributed by atoms with van der Waals surface area (Å²) in [6.07, 6.45) is 1.89. The van der Waals surface area contributed by atoms with Crippen LogP contribution < -0.4 is 15.0 Å². The van der Waals surface area contributed by atoms with Crippen molar-refractivity contribution < 1.29 is 9.53 Å². The van der Waals surface area contributed by atoms with E-state index in [1.165, 1.54) is 22.7 Å². The standard InChI is InChI=1S/C31H36N4O2S/c1-23(2)35(31-33-29(34-38-31)22-24-11-10-16-27(21-24)37-3)20-18-30(36)32-19-17-28(25-12-6-4-7-13-25)26-14-8-5-9-15-26/h4-16,21,23,28H,17-20,22H2,1-3H3,(H,32,36). The van der Waals surface area contributed by atoms with Crippen LogP contribution in [0, 0.1) is 0 Å². The highest BCUT2D eigenvalue weighted by molar-refractivity contribution is 7.09. The van der Waals surface area contributed by atoms with Gasteiger partial charge in [-0.05, 0) is 49.1 Å². The van der Waals surface area contributed by atoms with E-state index in [0.29, 0.717) is 25.9 Å². The molecular formula is C31H36N4O2S. The Morgan fingerprint density at radius 3 is 2.29 bits per heavy atom. The summed E-state index contributed by atoms with van der Waals surface area (Å²) < 4.78 is 9.89. The first-order valence-corrected chi connectivity index (χ1v) is 13.9. The number of amides is 1. The summed E-state index contributed by atoms with van der Waals surface area (Å²) in [7, 11) is 1.67. The van der Waals surface area contributed by atoms with Gasteiger partial charge in [0, 0.05) is 49.4 Å². The van der Waals surface area contributed by atoms with Crippen LogP contribution in [0.15, 0.2) is 84.9 Å². The van der Waals surface area contributed by atoms with Gasteiger partial charge < -0.3 is 15.0 Å². The van der Waals surface area contributed by atoms with Crippen LogP contribution in [-0.4, -0.2) is 41.5 Å². The fourth-order valence-electron chi connectivity index (χ4n) is 4.54. The van der Waals surface area contributed by atoms with Gasteiger partial charge in [0.05, 0.1) is 7.11 Å². The van der Waals surface area contributed by atoms with Crippen molar-refractivity contribution >= 4 is 22.6 Å². The lowest BCUT2D eigenvalue weighted by Crippen LogP contribution is -2.35. The fourth-order valence-corrected chi connectivity index (χ4v) is 5.38. The van der Waals surface area contributed by atoms with Gasteiger partial charge >= 0.3 is 0 Å². The maximum absolute atomic E-state index is 12.8. The van der Waals surface area contributed by atoms with Gasteiger partial charge in [-0.15, -0.1) is 0 Å². The number of nitrogens with zero attached hydrogens (tertiary/aromatic N) is 3. The second kappa shape index (κ2) is 13.7. The Labute approximate surface area is 229 Å². The molecule has 0 spiro atoms. The molecule has 0 aliphatic carbocycles. The third-order valence-corrected chi connectivity index (χ3v) is 7.35. The summed E-state index contributed by atoms with van der Waals surface area (Å²) in [4.78, 5) is 19.7. The summed E-state index contributed by atoms with van der Waals surface area (Å²) in [5.74, 6) is 1.90. The number of carbonyl (C=O) groups is 1. The molecule has 0 saturated carbocycles. The summed E-state index contributed by atoms with van der Waals surface area (Å²) in [5, 5.41) is 3.98. The number of ether oxygens (including phenoxy) is 1. The molecule has 4 rings (SSSR count). The van der Waals surface area contributed by atoms with Crippen molar-refractivity contribution in [3.63, 3.8) is 0 Å². The Bertz CT molecular complexity index is 1240. The molecule has 198 valence electrons. The molecule has 1 amide bonds. The van der Waals surface area contributed by atoms with E-state index in [0.717, 1.165) is 28.7 Å². The Morgan fingerprint density at radius 2 is 1.66 bits per heavy atom. The van der Waals surface area contributed by atoms with Crippen molar-refractivity contribution in [3.8, 4) is 5.75 Å². The molecule has 1 N–H and O–H groups in total. The minimum absolute atomic E-state index is 0.0524. The first-order valence-electron chi connectivity index (χ1n) is 13.1. The quantitative estimate of drug-likeness (QED) is 0.228. The van der Waals surface area contributed by atoms with Crippen molar-refractivity contribution in [2.45, 2.75) is 45.1 Å². The van der Waals surface area contributed by atoms with Crippen molar-refractivity contribution in [1.82, 2.24) is 14.7 Å². The minimum Gasteiger partial charge on any atom is -0.497 e. The second-order valence-electron chi connectivity index (χ2n) is 9.57. The smallest absolute Gasteiger partial charge is 0.221 e. The lowest BCUT2D eigenvalue weighted by molar-refractivity contribution is -0.120. The normalized spacial score (nSPS) is 11.1. The highest BCUT2D eigenvalue weighted by Crippen LogP contribution is 2.27. The Morgan fingerprint density at radius 1 is 0.974 bits per heavy atom. The molecule has 0 fully saturated rings. The van der Waals surface area contributed by atoms with Crippen LogP contribution in [0.4, 0.5) is 5.13 Å². The van der Waals surface area contributed by atoms with Crippen LogP contribution in [0.1, 0.15) is 55.1 Å². The zero-order valence-electron chi connectivity index (χ0n) is 22.3. The third kappa shape index (κ3) is 7.65. The first-order chi connectivity index (χ1) is 18.5. The van der Waals surface area contributed by atoms with Crippen molar-refractivity contribution in [1.29, 1.82) is 0 Å². The van der Waals surface area contributed by atoms with Gasteiger partial charge in [0.2, 0.25) is 11.0 Å². The maximum Gasteiger partial charge on any atom is 0.221 e. The molecule has 0 aliphatic rings. The van der Waals surface area contributed by atoms with E-state index in [-0.39, 0.29) is 17.9 Å². The zero-order valence-corrected chi connectivity index (χ0v) is 23.2. The van der Waals surface area contributed by atoms with Crippen LogP contribution >= 0.6 is 11.5 Å². The van der Waals surface area contributed by atoms with E-state index in [1.807, 2.05) is 36.4 Å². The molecule has 3 aromatic carbocycles. The van der Waals surface area contributed by atoms with E-state index in [4.69, 9.17) is 9.72 Å².